The molecule has 0 unspecified atom stereocenters. The van der Waals surface area contributed by atoms with Crippen molar-refractivity contribution < 1.29 is 15.0 Å². The normalized spacial score (nSPS) is 9.81. The molecule has 16 heavy (non-hydrogen) atoms. The van der Waals surface area contributed by atoms with E-state index in [1.807, 2.05) is 0 Å². The standard InChI is InChI=1S/C11H16N2O3/c14-7-1-6-12-11(16)13-8-9-2-4-10(15)5-3-9/h2-5,14-15H,1,6-8H2,(H2,12,13,16). The van der Waals surface area contributed by atoms with Crippen LogP contribution in [0.4, 0.5) is 4.79 Å². The number of urea groups is 1. The number of aliphatic hydroxyl groups is 1. The fourth-order valence-corrected chi connectivity index (χ4v) is 1.14. The van der Waals surface area contributed by atoms with Crippen LogP contribution in [0, 0.1) is 0 Å². The van der Waals surface area contributed by atoms with E-state index in [1.54, 1.807) is 24.3 Å². The van der Waals surface area contributed by atoms with E-state index < -0.39 is 0 Å². The molecule has 0 heterocycles. The maximum Gasteiger partial charge on any atom is 0.315 e. The predicted octanol–water partition coefficient (Wildman–Crippen LogP) is 0.574. The fourth-order valence-electron chi connectivity index (χ4n) is 1.14. The van der Waals surface area contributed by atoms with Gasteiger partial charge in [-0.1, -0.05) is 12.1 Å². The number of hydrogen-bond donors (Lipinski definition) is 4. The van der Waals surface area contributed by atoms with Gasteiger partial charge in [0.2, 0.25) is 0 Å². The number of rotatable bonds is 5. The lowest BCUT2D eigenvalue weighted by Crippen LogP contribution is -2.35. The van der Waals surface area contributed by atoms with E-state index in [0.29, 0.717) is 19.5 Å². The average molecular weight is 224 g/mol. The zero-order chi connectivity index (χ0) is 11.8. The summed E-state index contributed by atoms with van der Waals surface area (Å²) >= 11 is 0. The van der Waals surface area contributed by atoms with Gasteiger partial charge < -0.3 is 20.8 Å². The van der Waals surface area contributed by atoms with E-state index in [4.69, 9.17) is 10.2 Å². The monoisotopic (exact) mass is 224 g/mol. The molecule has 0 spiro atoms. The first-order chi connectivity index (χ1) is 7.72. The van der Waals surface area contributed by atoms with E-state index in [2.05, 4.69) is 10.6 Å². The number of aliphatic hydroxyl groups excluding tert-OH is 1. The summed E-state index contributed by atoms with van der Waals surface area (Å²) < 4.78 is 0. The van der Waals surface area contributed by atoms with Crippen LogP contribution >= 0.6 is 0 Å². The summed E-state index contributed by atoms with van der Waals surface area (Å²) in [4.78, 5) is 11.2. The topological polar surface area (TPSA) is 81.6 Å². The molecule has 2 amide bonds. The van der Waals surface area contributed by atoms with Crippen LogP contribution in [0.1, 0.15) is 12.0 Å². The Morgan fingerprint density at radius 3 is 2.50 bits per heavy atom. The van der Waals surface area contributed by atoms with Crippen LogP contribution in [0.15, 0.2) is 24.3 Å². The van der Waals surface area contributed by atoms with Gasteiger partial charge in [0.1, 0.15) is 5.75 Å². The third-order valence-corrected chi connectivity index (χ3v) is 2.01. The lowest BCUT2D eigenvalue weighted by molar-refractivity contribution is 0.238. The number of nitrogens with one attached hydrogen (secondary N) is 2. The number of phenolic OH excluding ortho intramolecular Hbond substituents is 1. The average Bonchev–Trinajstić information content (AvgIpc) is 2.29. The van der Waals surface area contributed by atoms with Gasteiger partial charge in [0.05, 0.1) is 0 Å². The Hall–Kier alpha value is -1.75. The molecule has 0 radical (unpaired) electrons. The Morgan fingerprint density at radius 1 is 1.19 bits per heavy atom. The van der Waals surface area contributed by atoms with Crippen molar-refractivity contribution in [1.82, 2.24) is 10.6 Å². The smallest absolute Gasteiger partial charge is 0.315 e. The Bertz CT molecular complexity index is 325. The molecule has 0 aromatic heterocycles. The second-order valence-corrected chi connectivity index (χ2v) is 3.35. The number of amides is 2. The highest BCUT2D eigenvalue weighted by atomic mass is 16.3. The molecule has 0 fully saturated rings. The predicted molar refractivity (Wildman–Crippen MR) is 60.0 cm³/mol. The van der Waals surface area contributed by atoms with Gasteiger partial charge in [-0.05, 0) is 24.1 Å². The van der Waals surface area contributed by atoms with Gasteiger partial charge in [0.15, 0.2) is 0 Å². The first-order valence-corrected chi connectivity index (χ1v) is 5.13. The molecule has 5 nitrogen and oxygen atoms in total. The van der Waals surface area contributed by atoms with Crippen molar-refractivity contribution in [3.05, 3.63) is 29.8 Å². The number of hydrogen-bond acceptors (Lipinski definition) is 3. The molecular weight excluding hydrogens is 208 g/mol. The summed E-state index contributed by atoms with van der Waals surface area (Å²) in [5.74, 6) is 0.205. The molecule has 0 bridgehead atoms. The van der Waals surface area contributed by atoms with Gasteiger partial charge in [0.25, 0.3) is 0 Å². The van der Waals surface area contributed by atoms with Crippen molar-refractivity contribution >= 4 is 6.03 Å². The summed E-state index contributed by atoms with van der Waals surface area (Å²) in [5.41, 5.74) is 0.912. The first-order valence-electron chi connectivity index (χ1n) is 5.13. The Morgan fingerprint density at radius 2 is 1.88 bits per heavy atom. The van der Waals surface area contributed by atoms with E-state index >= 15 is 0 Å². The maximum atomic E-state index is 11.2. The van der Waals surface area contributed by atoms with E-state index in [1.165, 1.54) is 0 Å². The quantitative estimate of drug-likeness (QED) is 0.552. The van der Waals surface area contributed by atoms with E-state index in [0.717, 1.165) is 5.56 Å². The van der Waals surface area contributed by atoms with Crippen molar-refractivity contribution in [3.63, 3.8) is 0 Å². The zero-order valence-corrected chi connectivity index (χ0v) is 8.94. The molecule has 0 saturated carbocycles. The molecule has 4 N–H and O–H groups in total. The van der Waals surface area contributed by atoms with Gasteiger partial charge in [0, 0.05) is 19.7 Å². The summed E-state index contributed by atoms with van der Waals surface area (Å²) in [5, 5.41) is 22.8. The van der Waals surface area contributed by atoms with Gasteiger partial charge >= 0.3 is 6.03 Å². The molecule has 1 aromatic carbocycles. The highest BCUT2D eigenvalue weighted by molar-refractivity contribution is 5.73. The Kier molecular flexibility index (Phi) is 5.15. The SMILES string of the molecule is O=C(NCCCO)NCc1ccc(O)cc1. The molecule has 0 aliphatic rings. The van der Waals surface area contributed by atoms with Crippen LogP contribution in [0.25, 0.3) is 0 Å². The van der Waals surface area contributed by atoms with Crippen molar-refractivity contribution in [2.45, 2.75) is 13.0 Å². The summed E-state index contributed by atoms with van der Waals surface area (Å²) in [6, 6.07) is 6.36. The van der Waals surface area contributed by atoms with Gasteiger partial charge in [-0.15, -0.1) is 0 Å². The van der Waals surface area contributed by atoms with Crippen molar-refractivity contribution in [1.29, 1.82) is 0 Å². The molecular formula is C11H16N2O3. The molecule has 0 saturated heterocycles. The van der Waals surface area contributed by atoms with Crippen molar-refractivity contribution in [2.75, 3.05) is 13.2 Å². The third kappa shape index (κ3) is 4.65. The van der Waals surface area contributed by atoms with Crippen LogP contribution < -0.4 is 10.6 Å². The molecule has 1 rings (SSSR count). The number of carbonyl (C=O) groups is 1. The molecule has 0 atom stereocenters. The van der Waals surface area contributed by atoms with Crippen LogP contribution in [-0.2, 0) is 6.54 Å². The Labute approximate surface area is 94.1 Å². The van der Waals surface area contributed by atoms with Crippen molar-refractivity contribution in [3.8, 4) is 5.75 Å². The molecule has 88 valence electrons. The van der Waals surface area contributed by atoms with Crippen molar-refractivity contribution in [2.24, 2.45) is 0 Å². The first kappa shape index (κ1) is 12.3. The van der Waals surface area contributed by atoms with Gasteiger partial charge in [-0.3, -0.25) is 0 Å². The van der Waals surface area contributed by atoms with E-state index in [-0.39, 0.29) is 18.4 Å². The lowest BCUT2D eigenvalue weighted by atomic mass is 10.2. The minimum Gasteiger partial charge on any atom is -0.508 e. The van der Waals surface area contributed by atoms with Crippen LogP contribution in [0.5, 0.6) is 5.75 Å². The molecule has 0 aliphatic carbocycles. The number of benzene rings is 1. The number of aromatic hydroxyl groups is 1. The molecule has 1 aromatic rings. The second kappa shape index (κ2) is 6.68. The third-order valence-electron chi connectivity index (χ3n) is 2.01. The van der Waals surface area contributed by atoms with Gasteiger partial charge in [-0.2, -0.15) is 0 Å². The summed E-state index contributed by atoms with van der Waals surface area (Å²) in [7, 11) is 0. The summed E-state index contributed by atoms with van der Waals surface area (Å²) in [6.45, 7) is 0.932. The highest BCUT2D eigenvalue weighted by Gasteiger charge is 1.99. The molecule has 0 aliphatic heterocycles. The summed E-state index contributed by atoms with van der Waals surface area (Å²) in [6.07, 6.45) is 0.548. The largest absolute Gasteiger partial charge is 0.508 e. The maximum absolute atomic E-state index is 11.2. The van der Waals surface area contributed by atoms with Crippen LogP contribution in [-0.4, -0.2) is 29.4 Å². The zero-order valence-electron chi connectivity index (χ0n) is 8.94. The second-order valence-electron chi connectivity index (χ2n) is 3.35. The number of carbonyl (C=O) groups excluding carboxylic acids is 1. The van der Waals surface area contributed by atoms with Crippen LogP contribution in [0.3, 0.4) is 0 Å². The van der Waals surface area contributed by atoms with E-state index in [9.17, 15) is 4.79 Å². The molecule has 5 heteroatoms. The lowest BCUT2D eigenvalue weighted by Gasteiger charge is -2.06. The Balaban J connectivity index is 2.23. The fraction of sp³-hybridized carbons (Fsp3) is 0.364. The van der Waals surface area contributed by atoms with Gasteiger partial charge in [-0.25, -0.2) is 4.79 Å². The highest BCUT2D eigenvalue weighted by Crippen LogP contribution is 2.08. The minimum atomic E-state index is -0.262. The number of phenols is 1. The minimum absolute atomic E-state index is 0.0677. The van der Waals surface area contributed by atoms with Crippen LogP contribution in [0.2, 0.25) is 0 Å².